The molecule has 1 rings (SSSR count). The third-order valence-electron chi connectivity index (χ3n) is 1.65. The number of halogens is 1. The van der Waals surface area contributed by atoms with Crippen LogP contribution in [0.1, 0.15) is 13.3 Å². The summed E-state index contributed by atoms with van der Waals surface area (Å²) in [6.45, 7) is 1.83. The Hall–Kier alpha value is -1.20. The largest absolute Gasteiger partial charge is 0.320 e. The van der Waals surface area contributed by atoms with Crippen molar-refractivity contribution in [2.75, 3.05) is 5.32 Å². The first-order valence-corrected chi connectivity index (χ1v) is 4.56. The number of anilines is 1. The van der Waals surface area contributed by atoms with Crippen molar-refractivity contribution < 1.29 is 4.79 Å². The summed E-state index contributed by atoms with van der Waals surface area (Å²) in [5.74, 6) is 0.0844. The van der Waals surface area contributed by atoms with Gasteiger partial charge in [-0.2, -0.15) is 0 Å². The molecule has 0 radical (unpaired) electrons. The number of rotatable bonds is 3. The first-order valence-electron chi connectivity index (χ1n) is 4.18. The Morgan fingerprint density at radius 3 is 3.07 bits per heavy atom. The molecule has 0 saturated carbocycles. The maximum Gasteiger partial charge on any atom is 0.242 e. The summed E-state index contributed by atoms with van der Waals surface area (Å²) in [6.07, 6.45) is 2.03. The lowest BCUT2D eigenvalue weighted by atomic mass is 10.2. The van der Waals surface area contributed by atoms with Gasteiger partial charge in [0.05, 0.1) is 6.04 Å². The molecule has 0 bridgehead atoms. The molecule has 0 spiro atoms. The molecule has 3 N–H and O–H groups in total. The Labute approximate surface area is 86.7 Å². The highest BCUT2D eigenvalue weighted by Gasteiger charge is 2.11. The molecule has 0 saturated heterocycles. The second-order valence-electron chi connectivity index (χ2n) is 2.71. The lowest BCUT2D eigenvalue weighted by Gasteiger charge is -2.08. The highest BCUT2D eigenvalue weighted by molar-refractivity contribution is 6.28. The molecular formula is C8H11ClN4O. The van der Waals surface area contributed by atoms with Crippen LogP contribution in [0.15, 0.2) is 12.3 Å². The van der Waals surface area contributed by atoms with Crippen LogP contribution < -0.4 is 11.1 Å². The van der Waals surface area contributed by atoms with E-state index in [0.717, 1.165) is 0 Å². The molecular weight excluding hydrogens is 204 g/mol. The Morgan fingerprint density at radius 1 is 1.79 bits per heavy atom. The molecule has 0 aliphatic rings. The first-order chi connectivity index (χ1) is 6.63. The number of nitrogens with one attached hydrogen (secondary N) is 1. The van der Waals surface area contributed by atoms with E-state index in [1.54, 1.807) is 6.07 Å². The van der Waals surface area contributed by atoms with Crippen molar-refractivity contribution in [2.24, 2.45) is 5.73 Å². The Bertz CT molecular complexity index is 331. The van der Waals surface area contributed by atoms with Crippen LogP contribution in [-0.2, 0) is 4.79 Å². The number of nitrogens with zero attached hydrogens (tertiary/aromatic N) is 2. The van der Waals surface area contributed by atoms with E-state index in [9.17, 15) is 4.79 Å². The van der Waals surface area contributed by atoms with Crippen LogP contribution in [-0.4, -0.2) is 21.9 Å². The highest BCUT2D eigenvalue weighted by Crippen LogP contribution is 2.06. The van der Waals surface area contributed by atoms with E-state index in [0.29, 0.717) is 12.2 Å². The zero-order valence-electron chi connectivity index (χ0n) is 7.70. The monoisotopic (exact) mass is 214 g/mol. The molecule has 1 heterocycles. The zero-order chi connectivity index (χ0) is 10.6. The van der Waals surface area contributed by atoms with Crippen LogP contribution in [0.4, 0.5) is 5.82 Å². The molecule has 5 nitrogen and oxygen atoms in total. The van der Waals surface area contributed by atoms with Crippen molar-refractivity contribution in [3.63, 3.8) is 0 Å². The van der Waals surface area contributed by atoms with Crippen LogP contribution in [0.3, 0.4) is 0 Å². The molecule has 1 aromatic rings. The molecule has 76 valence electrons. The number of amides is 1. The second-order valence-corrected chi connectivity index (χ2v) is 3.05. The molecule has 0 aliphatic heterocycles. The summed E-state index contributed by atoms with van der Waals surface area (Å²) >= 11 is 5.54. The summed E-state index contributed by atoms with van der Waals surface area (Å²) < 4.78 is 0. The number of carbonyl (C=O) groups is 1. The van der Waals surface area contributed by atoms with Crippen molar-refractivity contribution in [3.8, 4) is 0 Å². The summed E-state index contributed by atoms with van der Waals surface area (Å²) in [7, 11) is 0. The van der Waals surface area contributed by atoms with Gasteiger partial charge in [0, 0.05) is 6.20 Å². The first kappa shape index (κ1) is 10.9. The number of carbonyl (C=O) groups excluding carboxylic acids is 1. The van der Waals surface area contributed by atoms with Crippen molar-refractivity contribution in [2.45, 2.75) is 19.4 Å². The zero-order valence-corrected chi connectivity index (χ0v) is 8.45. The van der Waals surface area contributed by atoms with Crippen molar-refractivity contribution in [3.05, 3.63) is 17.5 Å². The predicted molar refractivity (Wildman–Crippen MR) is 53.9 cm³/mol. The molecule has 0 fully saturated rings. The summed E-state index contributed by atoms with van der Waals surface area (Å²) in [5, 5.41) is 2.62. The molecule has 14 heavy (non-hydrogen) atoms. The fraction of sp³-hybridized carbons (Fsp3) is 0.375. The van der Waals surface area contributed by atoms with Crippen molar-refractivity contribution in [1.82, 2.24) is 9.97 Å². The van der Waals surface area contributed by atoms with E-state index in [1.165, 1.54) is 6.20 Å². The van der Waals surface area contributed by atoms with Gasteiger partial charge in [0.25, 0.3) is 0 Å². The second kappa shape index (κ2) is 4.88. The van der Waals surface area contributed by atoms with Crippen molar-refractivity contribution in [1.29, 1.82) is 0 Å². The van der Waals surface area contributed by atoms with E-state index in [-0.39, 0.29) is 11.2 Å². The average Bonchev–Trinajstić information content (AvgIpc) is 2.16. The molecule has 0 unspecified atom stereocenters. The smallest absolute Gasteiger partial charge is 0.242 e. The van der Waals surface area contributed by atoms with E-state index in [1.807, 2.05) is 6.92 Å². The molecule has 6 heteroatoms. The fourth-order valence-electron chi connectivity index (χ4n) is 0.809. The van der Waals surface area contributed by atoms with E-state index in [4.69, 9.17) is 17.3 Å². The Morgan fingerprint density at radius 2 is 2.50 bits per heavy atom. The maximum absolute atomic E-state index is 11.3. The molecule has 1 amide bonds. The van der Waals surface area contributed by atoms with Gasteiger partial charge < -0.3 is 11.1 Å². The highest BCUT2D eigenvalue weighted by atomic mass is 35.5. The third kappa shape index (κ3) is 2.93. The Kier molecular flexibility index (Phi) is 3.79. The minimum Gasteiger partial charge on any atom is -0.320 e. The number of nitrogens with two attached hydrogens (primary N) is 1. The van der Waals surface area contributed by atoms with E-state index in [2.05, 4.69) is 15.3 Å². The van der Waals surface area contributed by atoms with Crippen molar-refractivity contribution >= 4 is 23.3 Å². The topological polar surface area (TPSA) is 80.9 Å². The predicted octanol–water partition coefficient (Wildman–Crippen LogP) is 0.806. The van der Waals surface area contributed by atoms with Crippen LogP contribution >= 0.6 is 11.6 Å². The van der Waals surface area contributed by atoms with E-state index < -0.39 is 6.04 Å². The van der Waals surface area contributed by atoms with Gasteiger partial charge in [0.15, 0.2) is 0 Å². The van der Waals surface area contributed by atoms with Gasteiger partial charge in [-0.3, -0.25) is 4.79 Å². The maximum atomic E-state index is 11.3. The van der Waals surface area contributed by atoms with Crippen LogP contribution in [0.2, 0.25) is 5.28 Å². The summed E-state index contributed by atoms with van der Waals surface area (Å²) in [4.78, 5) is 18.8. The van der Waals surface area contributed by atoms with Gasteiger partial charge in [-0.1, -0.05) is 6.92 Å². The number of hydrogen-bond donors (Lipinski definition) is 2. The third-order valence-corrected chi connectivity index (χ3v) is 1.84. The lowest BCUT2D eigenvalue weighted by Crippen LogP contribution is -2.35. The average molecular weight is 215 g/mol. The molecule has 0 aromatic carbocycles. The lowest BCUT2D eigenvalue weighted by molar-refractivity contribution is -0.117. The van der Waals surface area contributed by atoms with Gasteiger partial charge in [0.2, 0.25) is 11.2 Å². The summed E-state index contributed by atoms with van der Waals surface area (Å²) in [5.41, 5.74) is 5.51. The van der Waals surface area contributed by atoms with Gasteiger partial charge >= 0.3 is 0 Å². The minimum atomic E-state index is -0.524. The van der Waals surface area contributed by atoms with Gasteiger partial charge in [-0.25, -0.2) is 9.97 Å². The number of hydrogen-bond acceptors (Lipinski definition) is 4. The fourth-order valence-corrected chi connectivity index (χ4v) is 0.956. The summed E-state index contributed by atoms with van der Waals surface area (Å²) in [6, 6.07) is 1.02. The Balaban J connectivity index is 2.65. The van der Waals surface area contributed by atoms with Gasteiger partial charge in [-0.15, -0.1) is 0 Å². The standard InChI is InChI=1S/C8H11ClN4O/c1-2-5(10)7(14)12-6-3-4-11-8(9)13-6/h3-5H,2,10H2,1H3,(H,11,12,13,14)/t5-/m1/s1. The van der Waals surface area contributed by atoms with Gasteiger partial charge in [0.1, 0.15) is 5.82 Å². The minimum absolute atomic E-state index is 0.0906. The van der Waals surface area contributed by atoms with E-state index >= 15 is 0 Å². The normalized spacial score (nSPS) is 12.2. The molecule has 1 aromatic heterocycles. The van der Waals surface area contributed by atoms with Crippen LogP contribution in [0.5, 0.6) is 0 Å². The van der Waals surface area contributed by atoms with Crippen LogP contribution in [0, 0.1) is 0 Å². The SMILES string of the molecule is CC[C@@H](N)C(=O)Nc1ccnc(Cl)n1. The molecule has 1 atom stereocenters. The number of aromatic nitrogens is 2. The van der Waals surface area contributed by atoms with Crippen LogP contribution in [0.25, 0.3) is 0 Å². The van der Waals surface area contributed by atoms with Gasteiger partial charge in [-0.05, 0) is 24.1 Å². The quantitative estimate of drug-likeness (QED) is 0.730. The molecule has 0 aliphatic carbocycles.